The van der Waals surface area contributed by atoms with E-state index in [-0.39, 0.29) is 17.8 Å². The lowest BCUT2D eigenvalue weighted by atomic mass is 10.0. The maximum Gasteiger partial charge on any atom is 0.263 e. The Morgan fingerprint density at radius 3 is 2.76 bits per heavy atom. The Hall–Kier alpha value is -1.14. The zero-order valence-corrected chi connectivity index (χ0v) is 13.8. The second kappa shape index (κ2) is 7.22. The van der Waals surface area contributed by atoms with Crippen molar-refractivity contribution in [3.05, 3.63) is 28.5 Å². The average molecular weight is 359 g/mol. The fourth-order valence-electron chi connectivity index (χ4n) is 2.47. The van der Waals surface area contributed by atoms with E-state index in [4.69, 9.17) is 4.74 Å². The summed E-state index contributed by atoms with van der Waals surface area (Å²) in [6.45, 7) is 3.58. The number of rotatable bonds is 4. The molecule has 1 amide bonds. The molecule has 0 aromatic heterocycles. The van der Waals surface area contributed by atoms with Gasteiger partial charge in [-0.05, 0) is 67.0 Å². The first-order valence-electron chi connectivity index (χ1n) is 7.08. The van der Waals surface area contributed by atoms with Crippen LogP contribution in [0.15, 0.2) is 22.7 Å². The molecule has 6 heteroatoms. The molecule has 1 saturated heterocycles. The quantitative estimate of drug-likeness (QED) is 0.899. The fourth-order valence-corrected chi connectivity index (χ4v) is 2.92. The van der Waals surface area contributed by atoms with Gasteiger partial charge in [-0.1, -0.05) is 0 Å². The van der Waals surface area contributed by atoms with E-state index in [2.05, 4.69) is 21.2 Å². The Morgan fingerprint density at radius 2 is 2.14 bits per heavy atom. The molecule has 116 valence electrons. The lowest BCUT2D eigenvalue weighted by molar-refractivity contribution is -0.139. The molecule has 1 aliphatic rings. The average Bonchev–Trinajstić information content (AvgIpc) is 2.49. The summed E-state index contributed by atoms with van der Waals surface area (Å²) in [7, 11) is 1.82. The standard InChI is InChI=1S/C15H20BrFN2O2/c1-10(21-14-4-3-11(17)9-13(14)16)15(20)19(2)12-5-7-18-8-6-12/h3-4,9-10,12,18H,5-8H2,1-2H3/t10-/m0/s1. The number of hydrogen-bond acceptors (Lipinski definition) is 3. The van der Waals surface area contributed by atoms with Gasteiger partial charge in [-0.25, -0.2) is 4.39 Å². The van der Waals surface area contributed by atoms with Gasteiger partial charge in [0.25, 0.3) is 5.91 Å². The molecule has 1 fully saturated rings. The zero-order valence-electron chi connectivity index (χ0n) is 12.2. The van der Waals surface area contributed by atoms with Gasteiger partial charge in [-0.2, -0.15) is 0 Å². The molecule has 1 aliphatic heterocycles. The molecule has 1 aromatic carbocycles. The SMILES string of the molecule is C[C@H](Oc1ccc(F)cc1Br)C(=O)N(C)C1CCNCC1. The molecule has 1 heterocycles. The zero-order chi connectivity index (χ0) is 15.4. The van der Waals surface area contributed by atoms with E-state index >= 15 is 0 Å². The number of halogens is 2. The van der Waals surface area contributed by atoms with Gasteiger partial charge in [-0.3, -0.25) is 4.79 Å². The number of benzene rings is 1. The maximum absolute atomic E-state index is 13.0. The normalized spacial score (nSPS) is 17.3. The van der Waals surface area contributed by atoms with Gasteiger partial charge in [-0.15, -0.1) is 0 Å². The summed E-state index contributed by atoms with van der Waals surface area (Å²) in [5, 5.41) is 3.28. The highest BCUT2D eigenvalue weighted by molar-refractivity contribution is 9.10. The Balaban J connectivity index is 1.98. The van der Waals surface area contributed by atoms with Crippen molar-refractivity contribution in [2.24, 2.45) is 0 Å². The largest absolute Gasteiger partial charge is 0.480 e. The molecule has 21 heavy (non-hydrogen) atoms. The first kappa shape index (κ1) is 16.2. The van der Waals surface area contributed by atoms with Gasteiger partial charge in [0.05, 0.1) is 4.47 Å². The second-order valence-electron chi connectivity index (χ2n) is 5.27. The van der Waals surface area contributed by atoms with E-state index in [1.54, 1.807) is 11.8 Å². The maximum atomic E-state index is 13.0. The van der Waals surface area contributed by atoms with Crippen LogP contribution in [0.5, 0.6) is 5.75 Å². The third-order valence-corrected chi connectivity index (χ3v) is 4.37. The number of likely N-dealkylation sites (N-methyl/N-ethyl adjacent to an activating group) is 1. The summed E-state index contributed by atoms with van der Waals surface area (Å²) in [5.74, 6) is 0.0640. The van der Waals surface area contributed by atoms with Crippen LogP contribution in [0.2, 0.25) is 0 Å². The van der Waals surface area contributed by atoms with Crippen molar-refractivity contribution < 1.29 is 13.9 Å². The van der Waals surface area contributed by atoms with Crippen LogP contribution in [-0.4, -0.2) is 43.1 Å². The molecule has 0 saturated carbocycles. The molecule has 0 bridgehead atoms. The molecule has 0 aliphatic carbocycles. The van der Waals surface area contributed by atoms with E-state index in [1.807, 2.05) is 7.05 Å². The lowest BCUT2D eigenvalue weighted by Gasteiger charge is -2.33. The number of carbonyl (C=O) groups excluding carboxylic acids is 1. The van der Waals surface area contributed by atoms with Crippen LogP contribution in [0.25, 0.3) is 0 Å². The third-order valence-electron chi connectivity index (χ3n) is 3.75. The highest BCUT2D eigenvalue weighted by Gasteiger charge is 2.26. The van der Waals surface area contributed by atoms with Crippen LogP contribution >= 0.6 is 15.9 Å². The number of nitrogens with one attached hydrogen (secondary N) is 1. The van der Waals surface area contributed by atoms with E-state index in [0.717, 1.165) is 25.9 Å². The van der Waals surface area contributed by atoms with E-state index in [0.29, 0.717) is 10.2 Å². The fraction of sp³-hybridized carbons (Fsp3) is 0.533. The second-order valence-corrected chi connectivity index (χ2v) is 6.12. The van der Waals surface area contributed by atoms with Gasteiger partial charge in [0, 0.05) is 13.1 Å². The summed E-state index contributed by atoms with van der Waals surface area (Å²) >= 11 is 3.24. The van der Waals surface area contributed by atoms with Crippen LogP contribution < -0.4 is 10.1 Å². The van der Waals surface area contributed by atoms with Crippen molar-refractivity contribution in [1.29, 1.82) is 0 Å². The summed E-state index contributed by atoms with van der Waals surface area (Å²) < 4.78 is 19.2. The minimum absolute atomic E-state index is 0.0573. The highest BCUT2D eigenvalue weighted by atomic mass is 79.9. The Labute approximate surface area is 132 Å². The van der Waals surface area contributed by atoms with Crippen molar-refractivity contribution in [1.82, 2.24) is 10.2 Å². The number of hydrogen-bond donors (Lipinski definition) is 1. The van der Waals surface area contributed by atoms with Crippen molar-refractivity contribution in [2.75, 3.05) is 20.1 Å². The van der Waals surface area contributed by atoms with Crippen LogP contribution in [0, 0.1) is 5.82 Å². The van der Waals surface area contributed by atoms with Crippen LogP contribution in [0.1, 0.15) is 19.8 Å². The summed E-state index contributed by atoms with van der Waals surface area (Å²) in [6.07, 6.45) is 1.30. The monoisotopic (exact) mass is 358 g/mol. The first-order valence-corrected chi connectivity index (χ1v) is 7.87. The van der Waals surface area contributed by atoms with E-state index < -0.39 is 6.10 Å². The van der Waals surface area contributed by atoms with Gasteiger partial charge in [0.1, 0.15) is 11.6 Å². The predicted octanol–water partition coefficient (Wildman–Crippen LogP) is 2.57. The van der Waals surface area contributed by atoms with Crippen LogP contribution in [0.3, 0.4) is 0 Å². The molecule has 1 atom stereocenters. The van der Waals surface area contributed by atoms with E-state index in [1.165, 1.54) is 18.2 Å². The van der Waals surface area contributed by atoms with Gasteiger partial charge in [0.2, 0.25) is 0 Å². The number of carbonyl (C=O) groups is 1. The minimum atomic E-state index is -0.605. The molecule has 1 aromatic rings. The molecular formula is C15H20BrFN2O2. The topological polar surface area (TPSA) is 41.6 Å². The van der Waals surface area contributed by atoms with Crippen molar-refractivity contribution in [3.63, 3.8) is 0 Å². The summed E-state index contributed by atoms with van der Waals surface area (Å²) in [4.78, 5) is 14.2. The number of piperidine rings is 1. The molecule has 0 unspecified atom stereocenters. The van der Waals surface area contributed by atoms with Crippen LogP contribution in [0.4, 0.5) is 4.39 Å². The summed E-state index contributed by atoms with van der Waals surface area (Å²) in [6, 6.07) is 4.41. The molecule has 2 rings (SSSR count). The van der Waals surface area contributed by atoms with Gasteiger partial charge < -0.3 is 15.0 Å². The van der Waals surface area contributed by atoms with Gasteiger partial charge in [0.15, 0.2) is 6.10 Å². The Kier molecular flexibility index (Phi) is 5.58. The molecule has 0 radical (unpaired) electrons. The van der Waals surface area contributed by atoms with Crippen molar-refractivity contribution in [3.8, 4) is 5.75 Å². The number of nitrogens with zero attached hydrogens (tertiary/aromatic N) is 1. The number of ether oxygens (including phenoxy) is 1. The Morgan fingerprint density at radius 1 is 1.48 bits per heavy atom. The third kappa shape index (κ3) is 4.17. The highest BCUT2D eigenvalue weighted by Crippen LogP contribution is 2.26. The number of amides is 1. The summed E-state index contributed by atoms with van der Waals surface area (Å²) in [5.41, 5.74) is 0. The van der Waals surface area contributed by atoms with E-state index in [9.17, 15) is 9.18 Å². The van der Waals surface area contributed by atoms with Crippen LogP contribution in [-0.2, 0) is 4.79 Å². The molecule has 4 nitrogen and oxygen atoms in total. The molecule has 1 N–H and O–H groups in total. The smallest absolute Gasteiger partial charge is 0.263 e. The van der Waals surface area contributed by atoms with Crippen molar-refractivity contribution >= 4 is 21.8 Å². The molecule has 0 spiro atoms. The van der Waals surface area contributed by atoms with Crippen molar-refractivity contribution in [2.45, 2.75) is 31.9 Å². The lowest BCUT2D eigenvalue weighted by Crippen LogP contribution is -2.48. The predicted molar refractivity (Wildman–Crippen MR) is 82.9 cm³/mol. The minimum Gasteiger partial charge on any atom is -0.480 e. The first-order chi connectivity index (χ1) is 9.99. The van der Waals surface area contributed by atoms with Gasteiger partial charge >= 0.3 is 0 Å². The Bertz CT molecular complexity index is 506. The molecular weight excluding hydrogens is 339 g/mol.